The summed E-state index contributed by atoms with van der Waals surface area (Å²) in [6, 6.07) is 5.25. The molecule has 0 aliphatic heterocycles. The number of ether oxygens (including phenoxy) is 1. The number of anilines is 1. The van der Waals surface area contributed by atoms with E-state index in [1.165, 1.54) is 24.4 Å². The van der Waals surface area contributed by atoms with Crippen LogP contribution in [0.5, 0.6) is 11.6 Å². The Hall–Kier alpha value is -2.70. The zero-order valence-electron chi connectivity index (χ0n) is 10.9. The number of aromatic carboxylic acids is 1. The molecule has 1 aromatic carbocycles. The van der Waals surface area contributed by atoms with Gasteiger partial charge in [0.05, 0.1) is 0 Å². The van der Waals surface area contributed by atoms with E-state index >= 15 is 0 Å². The average molecular weight is 277 g/mol. The highest BCUT2D eigenvalue weighted by Gasteiger charge is 2.18. The summed E-state index contributed by atoms with van der Waals surface area (Å²) in [6.07, 6.45) is 1.47. The van der Waals surface area contributed by atoms with Crippen LogP contribution in [0.1, 0.15) is 10.4 Å². The van der Waals surface area contributed by atoms with Crippen molar-refractivity contribution < 1.29 is 19.0 Å². The molecule has 0 atom stereocenters. The molecule has 2 rings (SSSR count). The normalized spacial score (nSPS) is 10.2. The maximum atomic E-state index is 13.5. The predicted octanol–water partition coefficient (Wildman–Crippen LogP) is 2.17. The van der Waals surface area contributed by atoms with Crippen molar-refractivity contribution in [3.05, 3.63) is 41.8 Å². The van der Waals surface area contributed by atoms with E-state index in [4.69, 9.17) is 9.84 Å². The summed E-state index contributed by atoms with van der Waals surface area (Å²) >= 11 is 0. The van der Waals surface area contributed by atoms with Crippen molar-refractivity contribution >= 4 is 11.9 Å². The van der Waals surface area contributed by atoms with Gasteiger partial charge in [0.1, 0.15) is 17.1 Å². The van der Waals surface area contributed by atoms with Crippen LogP contribution in [0.25, 0.3) is 0 Å². The second kappa shape index (κ2) is 5.52. The summed E-state index contributed by atoms with van der Waals surface area (Å²) in [5, 5.41) is 9.01. The van der Waals surface area contributed by atoms with E-state index in [1.54, 1.807) is 19.0 Å². The zero-order valence-corrected chi connectivity index (χ0v) is 10.9. The summed E-state index contributed by atoms with van der Waals surface area (Å²) in [5.41, 5.74) is -0.530. The fourth-order valence-electron chi connectivity index (χ4n) is 1.51. The lowest BCUT2D eigenvalue weighted by Crippen LogP contribution is -2.12. The molecule has 6 nitrogen and oxygen atoms in total. The molecular weight excluding hydrogens is 265 g/mol. The molecule has 0 saturated heterocycles. The summed E-state index contributed by atoms with van der Waals surface area (Å²) in [4.78, 5) is 20.8. The van der Waals surface area contributed by atoms with E-state index in [1.807, 2.05) is 0 Å². The fourth-order valence-corrected chi connectivity index (χ4v) is 1.51. The van der Waals surface area contributed by atoms with E-state index in [0.29, 0.717) is 5.95 Å². The number of hydrogen-bond acceptors (Lipinski definition) is 5. The van der Waals surface area contributed by atoms with Gasteiger partial charge in [0.15, 0.2) is 0 Å². The second-order valence-corrected chi connectivity index (χ2v) is 4.11. The van der Waals surface area contributed by atoms with Crippen LogP contribution in [-0.4, -0.2) is 35.1 Å². The first-order chi connectivity index (χ1) is 9.49. The van der Waals surface area contributed by atoms with E-state index in [2.05, 4.69) is 9.97 Å². The number of hydrogen-bond donors (Lipinski definition) is 1. The Labute approximate surface area is 114 Å². The van der Waals surface area contributed by atoms with Gasteiger partial charge in [0.25, 0.3) is 0 Å². The van der Waals surface area contributed by atoms with Crippen molar-refractivity contribution in [3.8, 4) is 11.6 Å². The lowest BCUT2D eigenvalue weighted by atomic mass is 10.2. The molecule has 0 fully saturated rings. The van der Waals surface area contributed by atoms with Gasteiger partial charge in [-0.05, 0) is 12.1 Å². The Balaban J connectivity index is 2.38. The molecule has 20 heavy (non-hydrogen) atoms. The number of carboxylic acids is 1. The van der Waals surface area contributed by atoms with Crippen LogP contribution in [0.3, 0.4) is 0 Å². The van der Waals surface area contributed by atoms with Gasteiger partial charge in [-0.25, -0.2) is 14.2 Å². The standard InChI is InChI=1S/C13H12FN3O3/c1-17(2)13-15-7-6-10(16-13)20-9-5-3-4-8(14)11(9)12(18)19/h3-7H,1-2H3,(H,18,19). The number of nitrogens with zero attached hydrogens (tertiary/aromatic N) is 3. The van der Waals surface area contributed by atoms with Gasteiger partial charge >= 0.3 is 5.97 Å². The molecule has 104 valence electrons. The molecular formula is C13H12FN3O3. The second-order valence-electron chi connectivity index (χ2n) is 4.11. The topological polar surface area (TPSA) is 75.6 Å². The van der Waals surface area contributed by atoms with Gasteiger partial charge in [0.2, 0.25) is 11.8 Å². The highest BCUT2D eigenvalue weighted by atomic mass is 19.1. The summed E-state index contributed by atoms with van der Waals surface area (Å²) in [6.45, 7) is 0. The minimum atomic E-state index is -1.40. The molecule has 0 saturated carbocycles. The molecule has 0 amide bonds. The van der Waals surface area contributed by atoms with Crippen molar-refractivity contribution in [2.75, 3.05) is 19.0 Å². The SMILES string of the molecule is CN(C)c1nccc(Oc2cccc(F)c2C(=O)O)n1. The number of rotatable bonds is 4. The third-order valence-electron chi connectivity index (χ3n) is 2.42. The zero-order chi connectivity index (χ0) is 14.7. The third-order valence-corrected chi connectivity index (χ3v) is 2.42. The smallest absolute Gasteiger partial charge is 0.342 e. The Morgan fingerprint density at radius 1 is 1.35 bits per heavy atom. The Bertz CT molecular complexity index is 647. The van der Waals surface area contributed by atoms with Crippen molar-refractivity contribution in [2.24, 2.45) is 0 Å². The molecule has 0 spiro atoms. The number of carbonyl (C=O) groups is 1. The van der Waals surface area contributed by atoms with Crippen LogP contribution >= 0.6 is 0 Å². The van der Waals surface area contributed by atoms with Gasteiger partial charge in [-0.2, -0.15) is 4.98 Å². The van der Waals surface area contributed by atoms with Crippen LogP contribution < -0.4 is 9.64 Å². The summed E-state index contributed by atoms with van der Waals surface area (Å²) in [7, 11) is 3.51. The lowest BCUT2D eigenvalue weighted by Gasteiger charge is -2.12. The quantitative estimate of drug-likeness (QED) is 0.923. The van der Waals surface area contributed by atoms with Gasteiger partial charge in [-0.1, -0.05) is 6.07 Å². The molecule has 7 heteroatoms. The van der Waals surface area contributed by atoms with Crippen LogP contribution in [0.2, 0.25) is 0 Å². The van der Waals surface area contributed by atoms with Crippen LogP contribution in [-0.2, 0) is 0 Å². The number of carboxylic acid groups (broad SMARTS) is 1. The highest BCUT2D eigenvalue weighted by molar-refractivity contribution is 5.91. The molecule has 0 unspecified atom stereocenters. The Morgan fingerprint density at radius 2 is 2.10 bits per heavy atom. The van der Waals surface area contributed by atoms with Gasteiger partial charge in [-0.15, -0.1) is 0 Å². The van der Waals surface area contributed by atoms with Crippen LogP contribution in [0, 0.1) is 5.82 Å². The van der Waals surface area contributed by atoms with E-state index < -0.39 is 17.3 Å². The Morgan fingerprint density at radius 3 is 2.75 bits per heavy atom. The first-order valence-corrected chi connectivity index (χ1v) is 5.69. The monoisotopic (exact) mass is 277 g/mol. The minimum absolute atomic E-state index is 0.110. The minimum Gasteiger partial charge on any atom is -0.477 e. The maximum Gasteiger partial charge on any atom is 0.342 e. The third kappa shape index (κ3) is 2.82. The first kappa shape index (κ1) is 13.7. The lowest BCUT2D eigenvalue weighted by molar-refractivity contribution is 0.0689. The molecule has 0 aliphatic rings. The number of aromatic nitrogens is 2. The molecule has 1 heterocycles. The van der Waals surface area contributed by atoms with Crippen molar-refractivity contribution in [2.45, 2.75) is 0 Å². The molecule has 1 aromatic heterocycles. The highest BCUT2D eigenvalue weighted by Crippen LogP contribution is 2.26. The predicted molar refractivity (Wildman–Crippen MR) is 69.8 cm³/mol. The van der Waals surface area contributed by atoms with E-state index in [-0.39, 0.29) is 11.6 Å². The Kier molecular flexibility index (Phi) is 3.79. The molecule has 0 bridgehead atoms. The summed E-state index contributed by atoms with van der Waals surface area (Å²) in [5.74, 6) is -1.84. The van der Waals surface area contributed by atoms with Gasteiger partial charge < -0.3 is 14.7 Å². The number of halogens is 1. The summed E-state index contributed by atoms with van der Waals surface area (Å²) < 4.78 is 18.9. The van der Waals surface area contributed by atoms with E-state index in [9.17, 15) is 9.18 Å². The molecule has 0 aliphatic carbocycles. The number of benzene rings is 1. The molecule has 1 N–H and O–H groups in total. The average Bonchev–Trinajstić information content (AvgIpc) is 2.38. The van der Waals surface area contributed by atoms with Crippen molar-refractivity contribution in [1.29, 1.82) is 0 Å². The van der Waals surface area contributed by atoms with Crippen molar-refractivity contribution in [3.63, 3.8) is 0 Å². The fraction of sp³-hybridized carbons (Fsp3) is 0.154. The van der Waals surface area contributed by atoms with Crippen LogP contribution in [0.15, 0.2) is 30.5 Å². The largest absolute Gasteiger partial charge is 0.477 e. The van der Waals surface area contributed by atoms with Crippen molar-refractivity contribution in [1.82, 2.24) is 9.97 Å². The maximum absolute atomic E-state index is 13.5. The van der Waals surface area contributed by atoms with Gasteiger partial charge in [-0.3, -0.25) is 0 Å². The van der Waals surface area contributed by atoms with Gasteiger partial charge in [0, 0.05) is 26.4 Å². The van der Waals surface area contributed by atoms with E-state index in [0.717, 1.165) is 6.07 Å². The first-order valence-electron chi connectivity index (χ1n) is 5.69. The van der Waals surface area contributed by atoms with Crippen LogP contribution in [0.4, 0.5) is 10.3 Å². The molecule has 2 aromatic rings. The molecule has 0 radical (unpaired) electrons.